The summed E-state index contributed by atoms with van der Waals surface area (Å²) in [5.41, 5.74) is 8.69. The van der Waals surface area contributed by atoms with Gasteiger partial charge in [0.25, 0.3) is 0 Å². The van der Waals surface area contributed by atoms with Crippen molar-refractivity contribution in [2.75, 3.05) is 13.2 Å². The van der Waals surface area contributed by atoms with Crippen molar-refractivity contribution in [1.29, 1.82) is 0 Å². The Kier molecular flexibility index (Phi) is 3.26. The van der Waals surface area contributed by atoms with Gasteiger partial charge in [-0.1, -0.05) is 18.2 Å². The Morgan fingerprint density at radius 3 is 2.78 bits per heavy atom. The second-order valence-corrected chi connectivity index (χ2v) is 4.89. The highest BCUT2D eigenvalue weighted by molar-refractivity contribution is 5.82. The van der Waals surface area contributed by atoms with Gasteiger partial charge in [0.1, 0.15) is 0 Å². The number of fused-ring (bicyclic) bond motifs is 1. The van der Waals surface area contributed by atoms with Gasteiger partial charge in [0.15, 0.2) is 0 Å². The van der Waals surface area contributed by atoms with Gasteiger partial charge in [0.2, 0.25) is 0 Å². The summed E-state index contributed by atoms with van der Waals surface area (Å²) in [6.07, 6.45) is 3.96. The predicted molar refractivity (Wildman–Crippen MR) is 72.2 cm³/mol. The van der Waals surface area contributed by atoms with E-state index in [1.54, 1.807) is 0 Å². The highest BCUT2D eigenvalue weighted by Gasteiger charge is 2.23. The lowest BCUT2D eigenvalue weighted by molar-refractivity contribution is 0.0585. The van der Waals surface area contributed by atoms with Gasteiger partial charge in [0, 0.05) is 30.8 Å². The van der Waals surface area contributed by atoms with E-state index in [0.29, 0.717) is 5.92 Å². The molecule has 3 heteroatoms. The fraction of sp³-hybridized carbons (Fsp3) is 0.400. The summed E-state index contributed by atoms with van der Waals surface area (Å²) >= 11 is 0. The minimum Gasteiger partial charge on any atom is -0.381 e. The summed E-state index contributed by atoms with van der Waals surface area (Å²) in [7, 11) is 0. The standard InChI is InChI=1S/C15H18N2O/c16-15(11-6-9-18-10-7-11)13-5-8-17-14-4-2-1-3-12(13)14/h1-5,8,11,15H,6-7,9-10,16H2/t15-/m1/s1. The van der Waals surface area contributed by atoms with Crippen LogP contribution in [0.25, 0.3) is 10.9 Å². The Labute approximate surface area is 107 Å². The van der Waals surface area contributed by atoms with Gasteiger partial charge >= 0.3 is 0 Å². The molecule has 2 heterocycles. The predicted octanol–water partition coefficient (Wildman–Crippen LogP) is 2.66. The molecule has 2 N–H and O–H groups in total. The van der Waals surface area contributed by atoms with Crippen molar-refractivity contribution in [3.63, 3.8) is 0 Å². The monoisotopic (exact) mass is 242 g/mol. The number of aromatic nitrogens is 1. The van der Waals surface area contributed by atoms with Crippen LogP contribution in [0.1, 0.15) is 24.4 Å². The first-order valence-corrected chi connectivity index (χ1v) is 6.53. The maximum absolute atomic E-state index is 6.45. The SMILES string of the molecule is N[C@@H](c1ccnc2ccccc12)C1CCOCC1. The van der Waals surface area contributed by atoms with E-state index in [-0.39, 0.29) is 6.04 Å². The lowest BCUT2D eigenvalue weighted by atomic mass is 9.86. The first-order chi connectivity index (χ1) is 8.86. The maximum atomic E-state index is 6.45. The number of para-hydroxylation sites is 1. The molecule has 18 heavy (non-hydrogen) atoms. The van der Waals surface area contributed by atoms with Crippen LogP contribution in [0.15, 0.2) is 36.5 Å². The van der Waals surface area contributed by atoms with Crippen LogP contribution in [-0.4, -0.2) is 18.2 Å². The highest BCUT2D eigenvalue weighted by Crippen LogP contribution is 2.31. The van der Waals surface area contributed by atoms with Crippen LogP contribution >= 0.6 is 0 Å². The minimum atomic E-state index is 0.0850. The highest BCUT2D eigenvalue weighted by atomic mass is 16.5. The molecule has 1 saturated heterocycles. The number of rotatable bonds is 2. The summed E-state index contributed by atoms with van der Waals surface area (Å²) in [4.78, 5) is 4.39. The van der Waals surface area contributed by atoms with Crippen LogP contribution in [0.3, 0.4) is 0 Å². The molecular weight excluding hydrogens is 224 g/mol. The molecule has 1 atom stereocenters. The van der Waals surface area contributed by atoms with Crippen LogP contribution < -0.4 is 5.73 Å². The molecule has 1 aromatic carbocycles. The number of nitrogens with two attached hydrogens (primary N) is 1. The molecule has 0 saturated carbocycles. The number of pyridine rings is 1. The van der Waals surface area contributed by atoms with Crippen molar-refractivity contribution >= 4 is 10.9 Å². The molecular formula is C15H18N2O. The largest absolute Gasteiger partial charge is 0.381 e. The Hall–Kier alpha value is -1.45. The summed E-state index contributed by atoms with van der Waals surface area (Å²) < 4.78 is 5.41. The fourth-order valence-electron chi connectivity index (χ4n) is 2.74. The van der Waals surface area contributed by atoms with E-state index in [1.165, 1.54) is 10.9 Å². The topological polar surface area (TPSA) is 48.1 Å². The zero-order valence-electron chi connectivity index (χ0n) is 10.4. The van der Waals surface area contributed by atoms with Gasteiger partial charge < -0.3 is 10.5 Å². The molecule has 0 spiro atoms. The molecule has 0 radical (unpaired) electrons. The molecule has 94 valence electrons. The molecule has 3 rings (SSSR count). The Balaban J connectivity index is 1.97. The van der Waals surface area contributed by atoms with Crippen molar-refractivity contribution in [2.24, 2.45) is 11.7 Å². The van der Waals surface area contributed by atoms with Crippen LogP contribution in [-0.2, 0) is 4.74 Å². The van der Waals surface area contributed by atoms with E-state index in [1.807, 2.05) is 24.4 Å². The van der Waals surface area contributed by atoms with Crippen LogP contribution in [0, 0.1) is 5.92 Å². The summed E-state index contributed by atoms with van der Waals surface area (Å²) in [5.74, 6) is 0.518. The van der Waals surface area contributed by atoms with Crippen molar-refractivity contribution in [1.82, 2.24) is 4.98 Å². The average molecular weight is 242 g/mol. The van der Waals surface area contributed by atoms with Gasteiger partial charge in [-0.15, -0.1) is 0 Å². The lowest BCUT2D eigenvalue weighted by Crippen LogP contribution is -2.27. The van der Waals surface area contributed by atoms with Gasteiger partial charge in [-0.05, 0) is 36.5 Å². The molecule has 1 aliphatic heterocycles. The Morgan fingerprint density at radius 2 is 1.94 bits per heavy atom. The zero-order chi connectivity index (χ0) is 12.4. The van der Waals surface area contributed by atoms with E-state index >= 15 is 0 Å². The molecule has 0 aliphatic carbocycles. The van der Waals surface area contributed by atoms with Crippen LogP contribution in [0.5, 0.6) is 0 Å². The second kappa shape index (κ2) is 5.04. The maximum Gasteiger partial charge on any atom is 0.0705 e. The third kappa shape index (κ3) is 2.11. The van der Waals surface area contributed by atoms with E-state index in [4.69, 9.17) is 10.5 Å². The first-order valence-electron chi connectivity index (χ1n) is 6.53. The van der Waals surface area contributed by atoms with E-state index in [9.17, 15) is 0 Å². The first kappa shape index (κ1) is 11.6. The van der Waals surface area contributed by atoms with Gasteiger partial charge in [-0.2, -0.15) is 0 Å². The summed E-state index contributed by atoms with van der Waals surface area (Å²) in [5, 5.41) is 1.18. The molecule has 3 nitrogen and oxygen atoms in total. The van der Waals surface area contributed by atoms with Crippen molar-refractivity contribution in [3.8, 4) is 0 Å². The van der Waals surface area contributed by atoms with E-state index < -0.39 is 0 Å². The molecule has 1 aromatic heterocycles. The third-order valence-electron chi connectivity index (χ3n) is 3.82. The Morgan fingerprint density at radius 1 is 1.17 bits per heavy atom. The average Bonchev–Trinajstić information content (AvgIpc) is 2.47. The normalized spacial score (nSPS) is 18.9. The molecule has 1 fully saturated rings. The van der Waals surface area contributed by atoms with Crippen molar-refractivity contribution in [2.45, 2.75) is 18.9 Å². The number of benzene rings is 1. The lowest BCUT2D eigenvalue weighted by Gasteiger charge is -2.28. The molecule has 0 amide bonds. The number of hydrogen-bond acceptors (Lipinski definition) is 3. The molecule has 2 aromatic rings. The minimum absolute atomic E-state index is 0.0850. The van der Waals surface area contributed by atoms with Gasteiger partial charge in [-0.3, -0.25) is 4.98 Å². The molecule has 0 unspecified atom stereocenters. The van der Waals surface area contributed by atoms with Crippen molar-refractivity contribution < 1.29 is 4.74 Å². The van der Waals surface area contributed by atoms with E-state index in [2.05, 4.69) is 17.1 Å². The van der Waals surface area contributed by atoms with E-state index in [0.717, 1.165) is 31.6 Å². The van der Waals surface area contributed by atoms with Crippen LogP contribution in [0.4, 0.5) is 0 Å². The molecule has 1 aliphatic rings. The Bertz CT molecular complexity index is 530. The van der Waals surface area contributed by atoms with Gasteiger partial charge in [0.05, 0.1) is 5.52 Å². The fourth-order valence-corrected chi connectivity index (χ4v) is 2.74. The third-order valence-corrected chi connectivity index (χ3v) is 3.82. The number of nitrogens with zero attached hydrogens (tertiary/aromatic N) is 1. The number of hydrogen-bond donors (Lipinski definition) is 1. The second-order valence-electron chi connectivity index (χ2n) is 4.89. The number of ether oxygens (including phenoxy) is 1. The quantitative estimate of drug-likeness (QED) is 0.880. The molecule has 0 bridgehead atoms. The smallest absolute Gasteiger partial charge is 0.0705 e. The summed E-state index contributed by atoms with van der Waals surface area (Å²) in [6.45, 7) is 1.67. The van der Waals surface area contributed by atoms with Gasteiger partial charge in [-0.25, -0.2) is 0 Å². The van der Waals surface area contributed by atoms with Crippen LogP contribution in [0.2, 0.25) is 0 Å². The summed E-state index contributed by atoms with van der Waals surface area (Å²) in [6, 6.07) is 10.3. The zero-order valence-corrected chi connectivity index (χ0v) is 10.4. The van der Waals surface area contributed by atoms with Crippen molar-refractivity contribution in [3.05, 3.63) is 42.1 Å².